The van der Waals surface area contributed by atoms with Gasteiger partial charge in [0, 0.05) is 0 Å². The van der Waals surface area contributed by atoms with Crippen LogP contribution in [-0.4, -0.2) is 16.4 Å². The molecule has 0 bridgehead atoms. The van der Waals surface area contributed by atoms with Gasteiger partial charge in [-0.15, -0.1) is 0 Å². The average molecular weight is 132 g/mol. The Labute approximate surface area is 52.3 Å². The minimum absolute atomic E-state index is 0.389. The van der Waals surface area contributed by atoms with Gasteiger partial charge in [-0.2, -0.15) is 0 Å². The Morgan fingerprint density at radius 2 is 1.44 bits per heavy atom. The van der Waals surface area contributed by atoms with Crippen LogP contribution in [0.5, 0.6) is 0 Å². The average Bonchev–Trinajstić information content (AvgIpc) is 1.79. The fourth-order valence-electron chi connectivity index (χ4n) is 0.563. The lowest BCUT2D eigenvalue weighted by Gasteiger charge is -2.12. The third-order valence-electron chi connectivity index (χ3n) is 1.07. The summed E-state index contributed by atoms with van der Waals surface area (Å²) in [6, 6.07) is 0. The minimum Gasteiger partial charge on any atom is -0.408 e. The van der Waals surface area contributed by atoms with Gasteiger partial charge in [-0.05, 0) is 13.8 Å². The largest absolute Gasteiger partial charge is 0.504 e. The first-order valence-electron chi connectivity index (χ1n) is 2.51. The van der Waals surface area contributed by atoms with Crippen LogP contribution in [0, 0.1) is 0 Å². The van der Waals surface area contributed by atoms with Crippen LogP contribution < -0.4 is 0 Å². The molecule has 1 aliphatic heterocycles. The van der Waals surface area contributed by atoms with Crippen LogP contribution in [0.3, 0.4) is 0 Å². The molecule has 0 atom stereocenters. The van der Waals surface area contributed by atoms with Crippen molar-refractivity contribution in [3.8, 4) is 0 Å². The van der Waals surface area contributed by atoms with Gasteiger partial charge in [0.25, 0.3) is 0 Å². The predicted molar refractivity (Wildman–Crippen MR) is 27.7 cm³/mol. The van der Waals surface area contributed by atoms with Gasteiger partial charge >= 0.3 is 6.16 Å². The quantitative estimate of drug-likeness (QED) is 0.451. The van der Waals surface area contributed by atoms with E-state index in [9.17, 15) is 0 Å². The molecule has 52 valence electrons. The molecular weight excluding hydrogens is 124 g/mol. The van der Waals surface area contributed by atoms with E-state index in [-0.39, 0.29) is 0 Å². The zero-order chi connectivity index (χ0) is 7.07. The Bertz CT molecular complexity index is 142. The molecule has 1 rings (SSSR count). The fourth-order valence-corrected chi connectivity index (χ4v) is 0.563. The molecular formula is C5H8O4. The van der Waals surface area contributed by atoms with E-state index < -0.39 is 6.16 Å². The third kappa shape index (κ3) is 1.14. The molecule has 0 saturated heterocycles. The van der Waals surface area contributed by atoms with Gasteiger partial charge in [-0.3, -0.25) is 10.2 Å². The molecule has 0 radical (unpaired) electrons. The van der Waals surface area contributed by atoms with Gasteiger partial charge in [-0.25, -0.2) is 0 Å². The summed E-state index contributed by atoms with van der Waals surface area (Å²) in [6.45, 7) is 3.17. The molecule has 0 aromatic heterocycles. The van der Waals surface area contributed by atoms with E-state index in [0.717, 1.165) is 0 Å². The first kappa shape index (κ1) is 6.38. The van der Waals surface area contributed by atoms with E-state index >= 15 is 0 Å². The number of rotatable bonds is 0. The van der Waals surface area contributed by atoms with E-state index in [2.05, 4.69) is 9.47 Å². The molecule has 0 aliphatic carbocycles. The summed E-state index contributed by atoms with van der Waals surface area (Å²) in [6.07, 6.45) is -2.44. The molecule has 0 spiro atoms. The van der Waals surface area contributed by atoms with Crippen molar-refractivity contribution in [2.75, 3.05) is 0 Å². The van der Waals surface area contributed by atoms with Crippen molar-refractivity contribution in [1.29, 1.82) is 0 Å². The van der Waals surface area contributed by atoms with Crippen molar-refractivity contribution in [1.82, 2.24) is 0 Å². The summed E-state index contributed by atoms with van der Waals surface area (Å²) < 4.78 is 8.86. The number of ether oxygens (including phenoxy) is 2. The summed E-state index contributed by atoms with van der Waals surface area (Å²) in [4.78, 5) is 0. The molecule has 0 aromatic rings. The molecule has 0 fully saturated rings. The molecule has 9 heavy (non-hydrogen) atoms. The second kappa shape index (κ2) is 1.62. The van der Waals surface area contributed by atoms with Crippen LogP contribution in [0.1, 0.15) is 13.8 Å². The fraction of sp³-hybridized carbons (Fsp3) is 0.600. The Hall–Kier alpha value is -0.740. The molecule has 4 nitrogen and oxygen atoms in total. The van der Waals surface area contributed by atoms with E-state index in [1.165, 1.54) is 0 Å². The van der Waals surface area contributed by atoms with Crippen LogP contribution in [0.15, 0.2) is 11.5 Å². The first-order valence-corrected chi connectivity index (χ1v) is 2.51. The highest BCUT2D eigenvalue weighted by molar-refractivity contribution is 4.99. The van der Waals surface area contributed by atoms with Crippen molar-refractivity contribution in [2.24, 2.45) is 0 Å². The van der Waals surface area contributed by atoms with Gasteiger partial charge < -0.3 is 9.47 Å². The van der Waals surface area contributed by atoms with Gasteiger partial charge in [0.1, 0.15) is 11.5 Å². The van der Waals surface area contributed by atoms with E-state index in [1.807, 2.05) is 0 Å². The van der Waals surface area contributed by atoms with E-state index in [1.54, 1.807) is 13.8 Å². The smallest absolute Gasteiger partial charge is 0.408 e. The van der Waals surface area contributed by atoms with Crippen LogP contribution in [0.4, 0.5) is 0 Å². The molecule has 0 unspecified atom stereocenters. The molecule has 1 heterocycles. The Kier molecular flexibility index (Phi) is 1.15. The lowest BCUT2D eigenvalue weighted by atomic mass is 10.5. The molecule has 0 amide bonds. The van der Waals surface area contributed by atoms with Gasteiger partial charge in [0.15, 0.2) is 0 Å². The normalized spacial score (nSPS) is 23.6. The van der Waals surface area contributed by atoms with Crippen LogP contribution in [-0.2, 0) is 9.47 Å². The van der Waals surface area contributed by atoms with Crippen molar-refractivity contribution in [3.63, 3.8) is 0 Å². The van der Waals surface area contributed by atoms with Crippen LogP contribution in [0.25, 0.3) is 0 Å². The Balaban J connectivity index is 2.70. The lowest BCUT2D eigenvalue weighted by Crippen LogP contribution is -2.28. The monoisotopic (exact) mass is 132 g/mol. The number of hydrogen-bond acceptors (Lipinski definition) is 4. The molecule has 4 heteroatoms. The summed E-state index contributed by atoms with van der Waals surface area (Å²) in [5.74, 6) is 0.778. The van der Waals surface area contributed by atoms with Crippen molar-refractivity contribution < 1.29 is 19.7 Å². The second-order valence-corrected chi connectivity index (χ2v) is 1.86. The zero-order valence-corrected chi connectivity index (χ0v) is 5.21. The number of hydrogen-bond donors (Lipinski definition) is 2. The Morgan fingerprint density at radius 3 is 1.56 bits per heavy atom. The highest BCUT2D eigenvalue weighted by Gasteiger charge is 2.36. The maximum atomic E-state index is 8.60. The third-order valence-corrected chi connectivity index (χ3v) is 1.07. The number of allylic oxidation sites excluding steroid dienone is 2. The molecule has 2 N–H and O–H groups in total. The summed E-state index contributed by atoms with van der Waals surface area (Å²) in [7, 11) is 0. The molecule has 1 aliphatic rings. The molecule has 0 saturated carbocycles. The van der Waals surface area contributed by atoms with E-state index in [4.69, 9.17) is 10.2 Å². The van der Waals surface area contributed by atoms with Crippen molar-refractivity contribution in [3.05, 3.63) is 11.5 Å². The summed E-state index contributed by atoms with van der Waals surface area (Å²) in [5.41, 5.74) is 0. The van der Waals surface area contributed by atoms with Gasteiger partial charge in [0.2, 0.25) is 0 Å². The predicted octanol–water partition coefficient (Wildman–Crippen LogP) is -0.119. The van der Waals surface area contributed by atoms with E-state index in [0.29, 0.717) is 11.5 Å². The van der Waals surface area contributed by atoms with Crippen molar-refractivity contribution in [2.45, 2.75) is 20.0 Å². The lowest BCUT2D eigenvalue weighted by molar-refractivity contribution is -0.426. The maximum Gasteiger partial charge on any atom is 0.504 e. The van der Waals surface area contributed by atoms with Gasteiger partial charge in [-0.1, -0.05) is 0 Å². The SMILES string of the molecule is CC1=C(C)OC(O)(O)O1. The minimum atomic E-state index is -2.44. The van der Waals surface area contributed by atoms with Crippen LogP contribution in [0.2, 0.25) is 0 Å². The first-order chi connectivity index (χ1) is 4.01. The topological polar surface area (TPSA) is 58.9 Å². The van der Waals surface area contributed by atoms with Crippen LogP contribution >= 0.6 is 0 Å². The summed E-state index contributed by atoms with van der Waals surface area (Å²) >= 11 is 0. The van der Waals surface area contributed by atoms with Crippen molar-refractivity contribution >= 4 is 0 Å². The molecule has 0 aromatic carbocycles. The van der Waals surface area contributed by atoms with Gasteiger partial charge in [0.05, 0.1) is 0 Å². The summed E-state index contributed by atoms with van der Waals surface area (Å²) in [5, 5.41) is 17.2. The highest BCUT2D eigenvalue weighted by atomic mass is 17.0. The number of aliphatic hydroxyl groups is 2. The second-order valence-electron chi connectivity index (χ2n) is 1.86. The Morgan fingerprint density at radius 1 is 1.11 bits per heavy atom. The standard InChI is InChI=1S/C5H8O4/c1-3-4(2)9-5(6,7)8-3/h6-7H,1-2H3. The maximum absolute atomic E-state index is 8.60. The zero-order valence-electron chi connectivity index (χ0n) is 5.21. The highest BCUT2D eigenvalue weighted by Crippen LogP contribution is 2.25.